The Kier molecular flexibility index (Phi) is 1.90. The van der Waals surface area contributed by atoms with Crippen LogP contribution in [-0.4, -0.2) is 24.7 Å². The Morgan fingerprint density at radius 3 is 2.55 bits per heavy atom. The van der Waals surface area contributed by atoms with Gasteiger partial charge in [-0.25, -0.2) is 0 Å². The third-order valence-electron chi connectivity index (χ3n) is 2.96. The van der Waals surface area contributed by atoms with E-state index in [1.807, 2.05) is 0 Å². The minimum Gasteiger partial charge on any atom is -0.312 e. The maximum atomic E-state index is 3.64. The zero-order chi connectivity index (χ0) is 7.84. The zero-order valence-corrected chi connectivity index (χ0v) is 7.43. The van der Waals surface area contributed by atoms with Crippen molar-refractivity contribution in [1.82, 2.24) is 10.6 Å². The molecule has 1 heterocycles. The highest BCUT2D eigenvalue weighted by atomic mass is 15.1. The molecule has 2 heteroatoms. The van der Waals surface area contributed by atoms with E-state index in [9.17, 15) is 0 Å². The first kappa shape index (κ1) is 7.56. The zero-order valence-electron chi connectivity index (χ0n) is 7.43. The molecule has 0 unspecified atom stereocenters. The predicted molar refractivity (Wildman–Crippen MR) is 46.6 cm³/mol. The molecule has 3 atom stereocenters. The minimum atomic E-state index is 0.642. The van der Waals surface area contributed by atoms with Gasteiger partial charge >= 0.3 is 0 Å². The van der Waals surface area contributed by atoms with Crippen molar-refractivity contribution in [2.24, 2.45) is 5.92 Å². The molecule has 2 aliphatic rings. The average Bonchev–Trinajstić information content (AvgIpc) is 2.48. The normalized spacial score (nSPS) is 42.3. The number of hydrogen-bond acceptors (Lipinski definition) is 2. The van der Waals surface area contributed by atoms with Crippen molar-refractivity contribution in [2.45, 2.75) is 44.8 Å². The van der Waals surface area contributed by atoms with E-state index in [-0.39, 0.29) is 0 Å². The molecule has 0 radical (unpaired) electrons. The second-order valence-electron chi connectivity index (χ2n) is 4.20. The summed E-state index contributed by atoms with van der Waals surface area (Å²) in [7, 11) is 0. The minimum absolute atomic E-state index is 0.642. The van der Waals surface area contributed by atoms with E-state index in [0.717, 1.165) is 18.0 Å². The van der Waals surface area contributed by atoms with Crippen molar-refractivity contribution < 1.29 is 0 Å². The van der Waals surface area contributed by atoms with Crippen LogP contribution in [0, 0.1) is 5.92 Å². The monoisotopic (exact) mass is 154 g/mol. The lowest BCUT2D eigenvalue weighted by Crippen LogP contribution is -2.42. The number of piperidine rings is 1. The molecule has 0 aromatic heterocycles. The van der Waals surface area contributed by atoms with Gasteiger partial charge in [-0.15, -0.1) is 0 Å². The third-order valence-corrected chi connectivity index (χ3v) is 2.96. The highest BCUT2D eigenvalue weighted by Gasteiger charge is 2.41. The first-order chi connectivity index (χ1) is 5.27. The first-order valence-corrected chi connectivity index (χ1v) is 4.77. The molecule has 1 aliphatic heterocycles. The van der Waals surface area contributed by atoms with Gasteiger partial charge in [0.05, 0.1) is 0 Å². The number of hydrogen-bond donors (Lipinski definition) is 2. The number of nitrogens with one attached hydrogen (secondary N) is 2. The summed E-state index contributed by atoms with van der Waals surface area (Å²) in [4.78, 5) is 0. The van der Waals surface area contributed by atoms with Crippen molar-refractivity contribution in [3.8, 4) is 0 Å². The van der Waals surface area contributed by atoms with Gasteiger partial charge in [0, 0.05) is 18.1 Å². The van der Waals surface area contributed by atoms with E-state index in [1.165, 1.54) is 19.4 Å². The van der Waals surface area contributed by atoms with Gasteiger partial charge in [0.2, 0.25) is 0 Å². The van der Waals surface area contributed by atoms with Gasteiger partial charge in [0.1, 0.15) is 0 Å². The molecular formula is C9H18N2. The maximum absolute atomic E-state index is 3.64. The van der Waals surface area contributed by atoms with Crippen LogP contribution in [0.15, 0.2) is 0 Å². The fraction of sp³-hybridized carbons (Fsp3) is 1.00. The van der Waals surface area contributed by atoms with Crippen molar-refractivity contribution in [1.29, 1.82) is 0 Å². The molecule has 0 amide bonds. The molecule has 0 aromatic rings. The lowest BCUT2D eigenvalue weighted by molar-refractivity contribution is 0.416. The topological polar surface area (TPSA) is 24.1 Å². The van der Waals surface area contributed by atoms with E-state index in [1.54, 1.807) is 0 Å². The summed E-state index contributed by atoms with van der Waals surface area (Å²) in [6.45, 7) is 5.71. The molecule has 2 bridgehead atoms. The van der Waals surface area contributed by atoms with Crippen LogP contribution in [0.25, 0.3) is 0 Å². The average molecular weight is 154 g/mol. The molecule has 1 saturated carbocycles. The summed E-state index contributed by atoms with van der Waals surface area (Å²) in [6.07, 6.45) is 2.82. The highest BCUT2D eigenvalue weighted by molar-refractivity contribution is 5.01. The fourth-order valence-corrected chi connectivity index (χ4v) is 2.48. The van der Waals surface area contributed by atoms with Gasteiger partial charge < -0.3 is 10.6 Å². The van der Waals surface area contributed by atoms with Gasteiger partial charge in [-0.2, -0.15) is 0 Å². The molecule has 1 saturated heterocycles. The van der Waals surface area contributed by atoms with Crippen molar-refractivity contribution >= 4 is 0 Å². The third kappa shape index (κ3) is 1.30. The molecule has 2 fully saturated rings. The lowest BCUT2D eigenvalue weighted by atomic mass is 10.1. The van der Waals surface area contributed by atoms with Gasteiger partial charge in [-0.3, -0.25) is 0 Å². The highest BCUT2D eigenvalue weighted by Crippen LogP contribution is 2.31. The molecule has 11 heavy (non-hydrogen) atoms. The summed E-state index contributed by atoms with van der Waals surface area (Å²) in [5, 5.41) is 7.19. The summed E-state index contributed by atoms with van der Waals surface area (Å²) >= 11 is 0. The van der Waals surface area contributed by atoms with Crippen LogP contribution in [-0.2, 0) is 0 Å². The van der Waals surface area contributed by atoms with E-state index >= 15 is 0 Å². The Balaban J connectivity index is 1.94. The van der Waals surface area contributed by atoms with Crippen LogP contribution >= 0.6 is 0 Å². The molecular weight excluding hydrogens is 136 g/mol. The molecule has 2 nitrogen and oxygen atoms in total. The van der Waals surface area contributed by atoms with E-state index in [0.29, 0.717) is 6.04 Å². The summed E-state index contributed by atoms with van der Waals surface area (Å²) < 4.78 is 0. The number of rotatable bonds is 2. The standard InChI is InChI=1S/C9H18N2/c1-6(2)11-9-7-3-4-8(9)10-5-7/h6-11H,3-5H2,1-2H3/t7-,8-,9-/m1/s1. The molecule has 64 valence electrons. The van der Waals surface area contributed by atoms with Crippen LogP contribution in [0.5, 0.6) is 0 Å². The van der Waals surface area contributed by atoms with Crippen molar-refractivity contribution in [3.63, 3.8) is 0 Å². The second-order valence-corrected chi connectivity index (χ2v) is 4.20. The summed E-state index contributed by atoms with van der Waals surface area (Å²) in [5.41, 5.74) is 0. The van der Waals surface area contributed by atoms with E-state index in [4.69, 9.17) is 0 Å². The van der Waals surface area contributed by atoms with Crippen molar-refractivity contribution in [3.05, 3.63) is 0 Å². The number of fused-ring (bicyclic) bond motifs is 2. The van der Waals surface area contributed by atoms with E-state index < -0.39 is 0 Å². The van der Waals surface area contributed by atoms with Crippen LogP contribution in [0.1, 0.15) is 26.7 Å². The maximum Gasteiger partial charge on any atom is 0.0263 e. The molecule has 2 N–H and O–H groups in total. The Hall–Kier alpha value is -0.0800. The van der Waals surface area contributed by atoms with Gasteiger partial charge in [0.25, 0.3) is 0 Å². The predicted octanol–water partition coefficient (Wildman–Crippen LogP) is 0.735. The van der Waals surface area contributed by atoms with Crippen LogP contribution < -0.4 is 10.6 Å². The summed E-state index contributed by atoms with van der Waals surface area (Å²) in [5.74, 6) is 0.919. The van der Waals surface area contributed by atoms with Crippen molar-refractivity contribution in [2.75, 3.05) is 6.54 Å². The van der Waals surface area contributed by atoms with Crippen LogP contribution in [0.2, 0.25) is 0 Å². The SMILES string of the molecule is CC(C)N[C@@H]1[C@@H]2CC[C@H]1NC2. The van der Waals surface area contributed by atoms with E-state index in [2.05, 4.69) is 24.5 Å². The lowest BCUT2D eigenvalue weighted by Gasteiger charge is -2.19. The Morgan fingerprint density at radius 1 is 1.36 bits per heavy atom. The molecule has 1 aliphatic carbocycles. The van der Waals surface area contributed by atoms with Gasteiger partial charge in [-0.05, 0) is 25.3 Å². The Bertz CT molecular complexity index is 124. The van der Waals surface area contributed by atoms with Gasteiger partial charge in [-0.1, -0.05) is 13.8 Å². The Labute approximate surface area is 68.7 Å². The Morgan fingerprint density at radius 2 is 2.18 bits per heavy atom. The smallest absolute Gasteiger partial charge is 0.0263 e. The molecule has 0 aromatic carbocycles. The quantitative estimate of drug-likeness (QED) is 0.613. The first-order valence-electron chi connectivity index (χ1n) is 4.77. The molecule has 0 spiro atoms. The molecule has 2 rings (SSSR count). The largest absolute Gasteiger partial charge is 0.312 e. The van der Waals surface area contributed by atoms with Crippen LogP contribution in [0.3, 0.4) is 0 Å². The van der Waals surface area contributed by atoms with Crippen LogP contribution in [0.4, 0.5) is 0 Å². The fourth-order valence-electron chi connectivity index (χ4n) is 2.48. The second kappa shape index (κ2) is 2.76. The summed E-state index contributed by atoms with van der Waals surface area (Å²) in [6, 6.07) is 2.19. The van der Waals surface area contributed by atoms with Gasteiger partial charge in [0.15, 0.2) is 0 Å².